The number of nitrogens with one attached hydrogen (secondary N) is 1. The Morgan fingerprint density at radius 3 is 2.48 bits per heavy atom. The molecule has 0 unspecified atom stereocenters. The molecule has 29 heavy (non-hydrogen) atoms. The van der Waals surface area contributed by atoms with E-state index in [2.05, 4.69) is 5.32 Å². The van der Waals surface area contributed by atoms with Crippen molar-refractivity contribution in [2.45, 2.75) is 25.2 Å². The molecule has 0 aliphatic rings. The maximum atomic E-state index is 13.3. The summed E-state index contributed by atoms with van der Waals surface area (Å²) in [5.74, 6) is -1.37. The van der Waals surface area contributed by atoms with Crippen molar-refractivity contribution in [2.24, 2.45) is 0 Å². The number of hydrogen-bond acceptors (Lipinski definition) is 4. The van der Waals surface area contributed by atoms with Gasteiger partial charge in [0.15, 0.2) is 0 Å². The number of alkyl halides is 3. The van der Waals surface area contributed by atoms with Gasteiger partial charge in [-0.05, 0) is 28.6 Å². The van der Waals surface area contributed by atoms with Gasteiger partial charge in [0, 0.05) is 16.5 Å². The lowest BCUT2D eigenvalue weighted by molar-refractivity contribution is -0.139. The molecule has 9 heteroatoms. The number of alkyl carbamates (subject to hydrolysis) is 1. The van der Waals surface area contributed by atoms with E-state index in [1.165, 1.54) is 17.5 Å². The van der Waals surface area contributed by atoms with Crippen molar-refractivity contribution in [1.82, 2.24) is 5.32 Å². The van der Waals surface area contributed by atoms with E-state index in [9.17, 15) is 27.9 Å². The molecule has 2 aromatic carbocycles. The minimum atomic E-state index is -4.57. The van der Waals surface area contributed by atoms with E-state index in [-0.39, 0.29) is 24.0 Å². The summed E-state index contributed by atoms with van der Waals surface area (Å²) in [6.45, 7) is -0.0569. The molecule has 0 spiro atoms. The van der Waals surface area contributed by atoms with Gasteiger partial charge in [-0.3, -0.25) is 0 Å². The van der Waals surface area contributed by atoms with Crippen LogP contribution in [0.2, 0.25) is 0 Å². The van der Waals surface area contributed by atoms with Crippen molar-refractivity contribution in [2.75, 3.05) is 0 Å². The molecule has 3 rings (SSSR count). The number of amides is 1. The highest BCUT2D eigenvalue weighted by Gasteiger charge is 2.34. The highest BCUT2D eigenvalue weighted by molar-refractivity contribution is 7.17. The molecule has 0 saturated heterocycles. The average molecular weight is 423 g/mol. The first-order chi connectivity index (χ1) is 13.8. The number of benzene rings is 2. The fourth-order valence-corrected chi connectivity index (χ4v) is 3.87. The summed E-state index contributed by atoms with van der Waals surface area (Å²) in [4.78, 5) is 23.5. The average Bonchev–Trinajstić information content (AvgIpc) is 3.09. The van der Waals surface area contributed by atoms with Gasteiger partial charge in [0.05, 0.1) is 5.56 Å². The van der Waals surface area contributed by atoms with Crippen LogP contribution in [0.3, 0.4) is 0 Å². The van der Waals surface area contributed by atoms with Crippen molar-refractivity contribution in [3.8, 4) is 0 Å². The molecule has 0 radical (unpaired) electrons. The van der Waals surface area contributed by atoms with Crippen LogP contribution in [0, 0.1) is 0 Å². The van der Waals surface area contributed by atoms with Crippen molar-refractivity contribution in [3.05, 3.63) is 70.6 Å². The molecule has 0 saturated carbocycles. The van der Waals surface area contributed by atoms with Crippen LogP contribution in [-0.4, -0.2) is 23.2 Å². The largest absolute Gasteiger partial charge is 0.480 e. The molecule has 152 valence electrons. The Bertz CT molecular complexity index is 1020. The Balaban J connectivity index is 1.76. The van der Waals surface area contributed by atoms with E-state index in [4.69, 9.17) is 4.74 Å². The van der Waals surface area contributed by atoms with Crippen LogP contribution < -0.4 is 5.32 Å². The van der Waals surface area contributed by atoms with Crippen LogP contribution in [0.4, 0.5) is 18.0 Å². The van der Waals surface area contributed by atoms with Crippen LogP contribution in [0.5, 0.6) is 0 Å². The predicted molar refractivity (Wildman–Crippen MR) is 102 cm³/mol. The Hall–Kier alpha value is -3.07. The lowest BCUT2D eigenvalue weighted by atomic mass is 10.0. The van der Waals surface area contributed by atoms with E-state index in [1.54, 1.807) is 30.3 Å². The van der Waals surface area contributed by atoms with Crippen molar-refractivity contribution in [3.63, 3.8) is 0 Å². The zero-order valence-corrected chi connectivity index (χ0v) is 15.7. The molecule has 0 fully saturated rings. The number of ether oxygens (including phenoxy) is 1. The first kappa shape index (κ1) is 20.7. The Kier molecular flexibility index (Phi) is 6.07. The van der Waals surface area contributed by atoms with Crippen LogP contribution in [-0.2, 0) is 28.7 Å². The maximum absolute atomic E-state index is 13.3. The Morgan fingerprint density at radius 1 is 1.10 bits per heavy atom. The van der Waals surface area contributed by atoms with E-state index in [1.807, 2.05) is 0 Å². The highest BCUT2D eigenvalue weighted by Crippen LogP contribution is 2.39. The second kappa shape index (κ2) is 8.52. The third-order valence-electron chi connectivity index (χ3n) is 4.21. The lowest BCUT2D eigenvalue weighted by Crippen LogP contribution is -2.42. The van der Waals surface area contributed by atoms with E-state index in [0.717, 1.165) is 17.4 Å². The Morgan fingerprint density at radius 2 is 1.83 bits per heavy atom. The standard InChI is InChI=1S/C20H16F3NO4S/c21-20(22,23)14-7-4-8-16-17(14)13(11-29-16)9-15(18(25)26)24-19(27)28-10-12-5-2-1-3-6-12/h1-8,11,15H,9-10H2,(H,24,27)(H,25,26)/t15-/m0/s1. The predicted octanol–water partition coefficient (Wildman–Crippen LogP) is 4.84. The van der Waals surface area contributed by atoms with Gasteiger partial charge in [-0.25, -0.2) is 9.59 Å². The van der Waals surface area contributed by atoms with E-state index >= 15 is 0 Å². The second-order valence-corrected chi connectivity index (χ2v) is 7.15. The second-order valence-electron chi connectivity index (χ2n) is 6.24. The van der Waals surface area contributed by atoms with Crippen molar-refractivity contribution >= 4 is 33.5 Å². The summed E-state index contributed by atoms with van der Waals surface area (Å²) < 4.78 is 45.4. The first-order valence-corrected chi connectivity index (χ1v) is 9.40. The fraction of sp³-hybridized carbons (Fsp3) is 0.200. The topological polar surface area (TPSA) is 75.6 Å². The summed E-state index contributed by atoms with van der Waals surface area (Å²) in [5.41, 5.74) is 0.0869. The van der Waals surface area contributed by atoms with Crippen LogP contribution in [0.15, 0.2) is 53.9 Å². The minimum absolute atomic E-state index is 0.0456. The SMILES string of the molecule is O=C(N[C@@H](Cc1csc2cccc(C(F)(F)F)c12)C(=O)O)OCc1ccccc1. The Labute approximate surface area is 167 Å². The van der Waals surface area contributed by atoms with Crippen LogP contribution in [0.25, 0.3) is 10.1 Å². The van der Waals surface area contributed by atoms with Gasteiger partial charge in [0.1, 0.15) is 12.6 Å². The number of aliphatic carboxylic acids is 1. The number of halogens is 3. The maximum Gasteiger partial charge on any atom is 0.417 e. The van der Waals surface area contributed by atoms with Crippen molar-refractivity contribution < 1.29 is 32.6 Å². The number of carboxylic acid groups (broad SMARTS) is 1. The number of rotatable bonds is 6. The zero-order valence-electron chi connectivity index (χ0n) is 14.9. The summed E-state index contributed by atoms with van der Waals surface area (Å²) in [6.07, 6.45) is -5.84. The van der Waals surface area contributed by atoms with E-state index < -0.39 is 29.8 Å². The van der Waals surface area contributed by atoms with Gasteiger partial charge < -0.3 is 15.2 Å². The molecule has 2 N–H and O–H groups in total. The molecular formula is C20H16F3NO4S. The van der Waals surface area contributed by atoms with Gasteiger partial charge >= 0.3 is 18.2 Å². The normalized spacial score (nSPS) is 12.5. The third kappa shape index (κ3) is 5.05. The number of carbonyl (C=O) groups excluding carboxylic acids is 1. The summed E-state index contributed by atoms with van der Waals surface area (Å²) in [7, 11) is 0. The molecule has 0 aliphatic heterocycles. The first-order valence-electron chi connectivity index (χ1n) is 8.52. The number of carbonyl (C=O) groups is 2. The number of hydrogen-bond donors (Lipinski definition) is 2. The number of thiophene rings is 1. The molecule has 0 bridgehead atoms. The zero-order chi connectivity index (χ0) is 21.0. The molecule has 1 heterocycles. The molecule has 1 atom stereocenters. The van der Waals surface area contributed by atoms with Crippen molar-refractivity contribution in [1.29, 1.82) is 0 Å². The molecular weight excluding hydrogens is 407 g/mol. The van der Waals surface area contributed by atoms with Crippen LogP contribution >= 0.6 is 11.3 Å². The number of fused-ring (bicyclic) bond motifs is 1. The smallest absolute Gasteiger partial charge is 0.417 e. The van der Waals surface area contributed by atoms with Gasteiger partial charge in [-0.15, -0.1) is 11.3 Å². The summed E-state index contributed by atoms with van der Waals surface area (Å²) in [5, 5.41) is 13.1. The van der Waals surface area contributed by atoms with Crippen LogP contribution in [0.1, 0.15) is 16.7 Å². The lowest BCUT2D eigenvalue weighted by Gasteiger charge is -2.15. The minimum Gasteiger partial charge on any atom is -0.480 e. The van der Waals surface area contributed by atoms with E-state index in [0.29, 0.717) is 10.3 Å². The molecule has 3 aromatic rings. The highest BCUT2D eigenvalue weighted by atomic mass is 32.1. The summed E-state index contributed by atoms with van der Waals surface area (Å²) >= 11 is 1.09. The molecule has 1 amide bonds. The molecule has 0 aliphatic carbocycles. The fourth-order valence-electron chi connectivity index (χ4n) is 2.87. The monoisotopic (exact) mass is 423 g/mol. The molecule has 1 aromatic heterocycles. The number of carboxylic acids is 1. The van der Waals surface area contributed by atoms with Gasteiger partial charge in [0.25, 0.3) is 0 Å². The summed E-state index contributed by atoms with van der Waals surface area (Å²) in [6, 6.07) is 11.1. The van der Waals surface area contributed by atoms with Gasteiger partial charge in [-0.1, -0.05) is 36.4 Å². The van der Waals surface area contributed by atoms with Gasteiger partial charge in [-0.2, -0.15) is 13.2 Å². The molecule has 5 nitrogen and oxygen atoms in total. The third-order valence-corrected chi connectivity index (χ3v) is 5.20. The van der Waals surface area contributed by atoms with Gasteiger partial charge in [0.2, 0.25) is 0 Å². The quantitative estimate of drug-likeness (QED) is 0.595.